The van der Waals surface area contributed by atoms with E-state index in [2.05, 4.69) is 63.2 Å². The average Bonchev–Trinajstić information content (AvgIpc) is 3.33. The number of amides is 2. The van der Waals surface area contributed by atoms with Gasteiger partial charge in [-0.25, -0.2) is 0 Å². The summed E-state index contributed by atoms with van der Waals surface area (Å²) in [4.78, 5) is 47.4. The van der Waals surface area contributed by atoms with Crippen LogP contribution in [-0.2, 0) is 19.1 Å². The Morgan fingerprint density at radius 2 is 0.833 bits per heavy atom. The Hall–Kier alpha value is -1.71. The van der Waals surface area contributed by atoms with E-state index in [0.29, 0.717) is 51.7 Å². The highest BCUT2D eigenvalue weighted by Crippen LogP contribution is 2.14. The minimum atomic E-state index is -0.0228. The molecule has 0 bridgehead atoms. The standard InChI is InChI=1S/C36H72N4O2.C21H43NO2/c1-4-7-10-13-16-19-22-25-37(26-23-20-17-14-11-8-5-2)28-29-38(27-24-21-18-15-12-9-6-3)34-36(42)40-32-30-39(35-41)31-33-40;1-5-8-10-11-12-13-15-17-22(7-3)18-20(4)19-24-21(23)16-14-9-6-2/h35H,4-34H2,1-3H3;20H,5-19H2,1-4H3. The van der Waals surface area contributed by atoms with E-state index in [1.165, 1.54) is 199 Å². The van der Waals surface area contributed by atoms with Crippen molar-refractivity contribution in [2.45, 2.75) is 254 Å². The molecule has 66 heavy (non-hydrogen) atoms. The van der Waals surface area contributed by atoms with Crippen LogP contribution in [0.4, 0.5) is 0 Å². The van der Waals surface area contributed by atoms with Gasteiger partial charge in [0.15, 0.2) is 0 Å². The number of ether oxygens (including phenoxy) is 1. The number of nitrogens with zero attached hydrogens (tertiary/aromatic N) is 5. The molecule has 1 aliphatic heterocycles. The van der Waals surface area contributed by atoms with Gasteiger partial charge in [-0.3, -0.25) is 19.3 Å². The maximum absolute atomic E-state index is 13.3. The summed E-state index contributed by atoms with van der Waals surface area (Å²) in [5, 5.41) is 0. The van der Waals surface area contributed by atoms with Crippen LogP contribution >= 0.6 is 0 Å². The first-order chi connectivity index (χ1) is 32.3. The van der Waals surface area contributed by atoms with Gasteiger partial charge in [0.05, 0.1) is 13.2 Å². The van der Waals surface area contributed by atoms with Gasteiger partial charge in [0.2, 0.25) is 12.3 Å². The fourth-order valence-corrected chi connectivity index (χ4v) is 9.12. The largest absolute Gasteiger partial charge is 0.465 e. The number of esters is 1. The molecule has 1 heterocycles. The molecule has 0 aromatic heterocycles. The Balaban J connectivity index is 0.00000149. The van der Waals surface area contributed by atoms with Crippen molar-refractivity contribution in [3.63, 3.8) is 0 Å². The summed E-state index contributed by atoms with van der Waals surface area (Å²) in [6, 6.07) is 0. The van der Waals surface area contributed by atoms with Gasteiger partial charge in [-0.1, -0.05) is 215 Å². The van der Waals surface area contributed by atoms with E-state index in [-0.39, 0.29) is 11.9 Å². The zero-order valence-corrected chi connectivity index (χ0v) is 45.6. The molecule has 1 rings (SSSR count). The van der Waals surface area contributed by atoms with Crippen LogP contribution in [0.1, 0.15) is 254 Å². The lowest BCUT2D eigenvalue weighted by molar-refractivity contribution is -0.145. The lowest BCUT2D eigenvalue weighted by Gasteiger charge is -2.34. The molecule has 0 radical (unpaired) electrons. The molecule has 0 spiro atoms. The van der Waals surface area contributed by atoms with Gasteiger partial charge in [-0.2, -0.15) is 0 Å². The minimum absolute atomic E-state index is 0.0228. The van der Waals surface area contributed by atoms with Gasteiger partial charge < -0.3 is 24.3 Å². The van der Waals surface area contributed by atoms with Gasteiger partial charge in [-0.15, -0.1) is 0 Å². The van der Waals surface area contributed by atoms with E-state index in [1.54, 1.807) is 4.90 Å². The molecular weight excluding hydrogens is 819 g/mol. The highest BCUT2D eigenvalue weighted by molar-refractivity contribution is 5.78. The van der Waals surface area contributed by atoms with Crippen molar-refractivity contribution < 1.29 is 19.1 Å². The minimum Gasteiger partial charge on any atom is -0.465 e. The second-order valence-electron chi connectivity index (χ2n) is 20.3. The van der Waals surface area contributed by atoms with Gasteiger partial charge in [0.1, 0.15) is 0 Å². The Morgan fingerprint density at radius 1 is 0.470 bits per heavy atom. The normalized spacial score (nSPS) is 13.4. The molecule has 1 fully saturated rings. The predicted molar refractivity (Wildman–Crippen MR) is 285 cm³/mol. The molecule has 1 saturated heterocycles. The molecule has 9 heteroatoms. The Kier molecular flexibility index (Phi) is 48.4. The van der Waals surface area contributed by atoms with E-state index in [4.69, 9.17) is 4.74 Å². The summed E-state index contributed by atoms with van der Waals surface area (Å²) in [6.45, 7) is 28.3. The van der Waals surface area contributed by atoms with Crippen molar-refractivity contribution in [1.82, 2.24) is 24.5 Å². The van der Waals surface area contributed by atoms with E-state index < -0.39 is 0 Å². The number of piperazine rings is 1. The number of carbonyl (C=O) groups is 3. The van der Waals surface area contributed by atoms with Gasteiger partial charge in [-0.05, 0) is 64.8 Å². The molecule has 392 valence electrons. The lowest BCUT2D eigenvalue weighted by Crippen LogP contribution is -2.51. The summed E-state index contributed by atoms with van der Waals surface area (Å²) in [6.07, 6.45) is 42.4. The smallest absolute Gasteiger partial charge is 0.305 e. The van der Waals surface area contributed by atoms with Crippen LogP contribution in [0.5, 0.6) is 0 Å². The zero-order valence-electron chi connectivity index (χ0n) is 45.6. The third kappa shape index (κ3) is 41.3. The monoisotopic (exact) mass is 934 g/mol. The molecule has 0 aromatic rings. The second-order valence-corrected chi connectivity index (χ2v) is 20.3. The fraction of sp³-hybridized carbons (Fsp3) is 0.947. The van der Waals surface area contributed by atoms with Crippen LogP contribution in [0, 0.1) is 5.92 Å². The molecule has 9 nitrogen and oxygen atoms in total. The van der Waals surface area contributed by atoms with Crippen LogP contribution in [0.25, 0.3) is 0 Å². The average molecular weight is 935 g/mol. The summed E-state index contributed by atoms with van der Waals surface area (Å²) in [5.41, 5.74) is 0. The van der Waals surface area contributed by atoms with Crippen molar-refractivity contribution in [3.05, 3.63) is 0 Å². The topological polar surface area (TPSA) is 76.6 Å². The highest BCUT2D eigenvalue weighted by Gasteiger charge is 2.22. The molecule has 2 amide bonds. The van der Waals surface area contributed by atoms with E-state index in [9.17, 15) is 14.4 Å². The van der Waals surface area contributed by atoms with Crippen LogP contribution in [0.2, 0.25) is 0 Å². The molecule has 0 aliphatic carbocycles. The molecule has 0 N–H and O–H groups in total. The van der Waals surface area contributed by atoms with Crippen molar-refractivity contribution in [3.8, 4) is 0 Å². The molecule has 1 atom stereocenters. The van der Waals surface area contributed by atoms with Crippen molar-refractivity contribution >= 4 is 18.3 Å². The highest BCUT2D eigenvalue weighted by atomic mass is 16.5. The number of rotatable bonds is 47. The first-order valence-electron chi connectivity index (χ1n) is 29.1. The summed E-state index contributed by atoms with van der Waals surface area (Å²) in [5.74, 6) is 0.643. The molecule has 0 saturated carbocycles. The van der Waals surface area contributed by atoms with Crippen molar-refractivity contribution in [2.75, 3.05) is 91.7 Å². The summed E-state index contributed by atoms with van der Waals surface area (Å²) in [7, 11) is 0. The summed E-state index contributed by atoms with van der Waals surface area (Å²) >= 11 is 0. The number of carbonyl (C=O) groups excluding carboxylic acids is 3. The molecule has 1 unspecified atom stereocenters. The Labute approximate surface area is 412 Å². The number of unbranched alkanes of at least 4 members (excludes halogenated alkanes) is 26. The SMILES string of the molecule is CCCCCCCCCN(CC)CC(C)COC(=O)CCCCC.CCCCCCCCCN(CCCCCCCCC)CCN(CCCCCCCCC)CC(=O)N1CCN(C=O)CC1. The van der Waals surface area contributed by atoms with Crippen molar-refractivity contribution in [2.24, 2.45) is 5.92 Å². The van der Waals surface area contributed by atoms with E-state index in [0.717, 1.165) is 58.4 Å². The Bertz CT molecular complexity index is 1020. The first kappa shape index (κ1) is 64.3. The van der Waals surface area contributed by atoms with Crippen LogP contribution < -0.4 is 0 Å². The maximum atomic E-state index is 13.3. The van der Waals surface area contributed by atoms with Gasteiger partial charge >= 0.3 is 5.97 Å². The number of hydrogen-bond donors (Lipinski definition) is 0. The predicted octanol–water partition coefficient (Wildman–Crippen LogP) is 14.0. The van der Waals surface area contributed by atoms with Crippen LogP contribution in [0.3, 0.4) is 0 Å². The molecule has 0 aromatic carbocycles. The van der Waals surface area contributed by atoms with Crippen LogP contribution in [0.15, 0.2) is 0 Å². The lowest BCUT2D eigenvalue weighted by atomic mass is 10.1. The zero-order chi connectivity index (χ0) is 48.6. The first-order valence-corrected chi connectivity index (χ1v) is 29.1. The number of hydrogen-bond acceptors (Lipinski definition) is 7. The molecular formula is C57H115N5O4. The van der Waals surface area contributed by atoms with E-state index >= 15 is 0 Å². The van der Waals surface area contributed by atoms with Gasteiger partial charge in [0, 0.05) is 58.2 Å². The van der Waals surface area contributed by atoms with Gasteiger partial charge in [0.25, 0.3) is 0 Å². The quantitative estimate of drug-likeness (QED) is 0.0342. The summed E-state index contributed by atoms with van der Waals surface area (Å²) < 4.78 is 5.41. The molecule has 1 aliphatic rings. The Morgan fingerprint density at radius 3 is 1.24 bits per heavy atom. The fourth-order valence-electron chi connectivity index (χ4n) is 9.12. The van der Waals surface area contributed by atoms with E-state index in [1.807, 2.05) is 4.90 Å². The maximum Gasteiger partial charge on any atom is 0.305 e. The second kappa shape index (κ2) is 49.7. The third-order valence-electron chi connectivity index (χ3n) is 13.7. The van der Waals surface area contributed by atoms with Crippen LogP contribution in [-0.4, -0.2) is 134 Å². The van der Waals surface area contributed by atoms with Crippen molar-refractivity contribution in [1.29, 1.82) is 0 Å². The third-order valence-corrected chi connectivity index (χ3v) is 13.7.